The van der Waals surface area contributed by atoms with Crippen LogP contribution in [0.2, 0.25) is 5.02 Å². The number of aromatic nitrogens is 2. The maximum Gasteiger partial charge on any atom is 0.264 e. The molecule has 0 spiro atoms. The van der Waals surface area contributed by atoms with Crippen molar-refractivity contribution in [2.75, 3.05) is 0 Å². The van der Waals surface area contributed by atoms with E-state index >= 15 is 0 Å². The van der Waals surface area contributed by atoms with Gasteiger partial charge in [0.15, 0.2) is 0 Å². The van der Waals surface area contributed by atoms with Gasteiger partial charge >= 0.3 is 0 Å². The van der Waals surface area contributed by atoms with Gasteiger partial charge in [-0.1, -0.05) is 23.7 Å². The minimum absolute atomic E-state index is 0.153. The number of H-pyrrole nitrogens is 1. The Morgan fingerprint density at radius 3 is 2.60 bits per heavy atom. The van der Waals surface area contributed by atoms with Crippen LogP contribution >= 0.6 is 22.9 Å². The zero-order valence-electron chi connectivity index (χ0n) is 12.4. The summed E-state index contributed by atoms with van der Waals surface area (Å²) in [6.45, 7) is 0. The van der Waals surface area contributed by atoms with Crippen molar-refractivity contribution in [2.24, 2.45) is 0 Å². The number of benzene rings is 1. The van der Waals surface area contributed by atoms with Crippen LogP contribution in [0.4, 0.5) is 8.78 Å². The molecule has 0 saturated carbocycles. The summed E-state index contributed by atoms with van der Waals surface area (Å²) in [5.74, 6) is -0.255. The van der Waals surface area contributed by atoms with Gasteiger partial charge in [0.25, 0.3) is 12.0 Å². The summed E-state index contributed by atoms with van der Waals surface area (Å²) >= 11 is 6.91. The second kappa shape index (κ2) is 5.79. The first-order chi connectivity index (χ1) is 11.9. The number of aromatic hydroxyl groups is 1. The van der Waals surface area contributed by atoms with Crippen molar-refractivity contribution in [3.63, 3.8) is 0 Å². The lowest BCUT2D eigenvalue weighted by atomic mass is 10.1. The summed E-state index contributed by atoms with van der Waals surface area (Å²) in [6.07, 6.45) is -2.76. The first-order valence-electron chi connectivity index (χ1n) is 7.17. The zero-order chi connectivity index (χ0) is 17.7. The Morgan fingerprint density at radius 1 is 1.20 bits per heavy atom. The Hall–Kier alpha value is -2.51. The molecular weight excluding hydrogens is 370 g/mol. The quantitative estimate of drug-likeness (QED) is 0.510. The molecule has 4 aromatic rings. The van der Waals surface area contributed by atoms with Crippen LogP contribution < -0.4 is 5.56 Å². The first-order valence-corrected chi connectivity index (χ1v) is 8.37. The SMILES string of the molecule is O=c1cc(O)c2sc3nc(-c4ccc(Cl)cc4)cc(C(F)F)c3c2[nH]1. The molecule has 0 aliphatic heterocycles. The summed E-state index contributed by atoms with van der Waals surface area (Å²) < 4.78 is 27.6. The number of hydrogen-bond acceptors (Lipinski definition) is 4. The van der Waals surface area contributed by atoms with Crippen molar-refractivity contribution in [3.05, 3.63) is 57.3 Å². The largest absolute Gasteiger partial charge is 0.506 e. The fraction of sp³-hybridized carbons (Fsp3) is 0.0588. The number of thiophene rings is 1. The van der Waals surface area contributed by atoms with Crippen molar-refractivity contribution in [1.82, 2.24) is 9.97 Å². The van der Waals surface area contributed by atoms with E-state index in [-0.39, 0.29) is 22.2 Å². The van der Waals surface area contributed by atoms with E-state index in [0.29, 0.717) is 25.8 Å². The van der Waals surface area contributed by atoms with Gasteiger partial charge in [-0.15, -0.1) is 11.3 Å². The Kier molecular flexibility index (Phi) is 3.70. The normalized spacial score (nSPS) is 11.7. The predicted octanol–water partition coefficient (Wildman–Crippen LogP) is 5.10. The van der Waals surface area contributed by atoms with Crippen LogP contribution in [0.15, 0.2) is 41.2 Å². The molecule has 3 heterocycles. The third kappa shape index (κ3) is 2.65. The van der Waals surface area contributed by atoms with E-state index in [9.17, 15) is 18.7 Å². The lowest BCUT2D eigenvalue weighted by Gasteiger charge is -2.07. The Labute approximate surface area is 148 Å². The molecule has 0 aliphatic rings. The smallest absolute Gasteiger partial charge is 0.264 e. The summed E-state index contributed by atoms with van der Waals surface area (Å²) in [4.78, 5) is 18.9. The van der Waals surface area contributed by atoms with Gasteiger partial charge in [0.05, 0.1) is 15.9 Å². The lowest BCUT2D eigenvalue weighted by Crippen LogP contribution is -2.02. The van der Waals surface area contributed by atoms with Crippen molar-refractivity contribution in [3.8, 4) is 17.0 Å². The number of fused-ring (bicyclic) bond motifs is 3. The molecule has 25 heavy (non-hydrogen) atoms. The molecule has 2 N–H and O–H groups in total. The molecule has 0 radical (unpaired) electrons. The van der Waals surface area contributed by atoms with Crippen molar-refractivity contribution in [1.29, 1.82) is 0 Å². The van der Waals surface area contributed by atoms with Crippen molar-refractivity contribution in [2.45, 2.75) is 6.43 Å². The van der Waals surface area contributed by atoms with E-state index in [1.807, 2.05) is 0 Å². The number of halogens is 3. The number of nitrogens with one attached hydrogen (secondary N) is 1. The number of rotatable bonds is 2. The van der Waals surface area contributed by atoms with Gasteiger partial charge in [0.2, 0.25) is 0 Å². The van der Waals surface area contributed by atoms with E-state index in [0.717, 1.165) is 17.4 Å². The molecule has 1 aromatic carbocycles. The summed E-state index contributed by atoms with van der Waals surface area (Å²) in [7, 11) is 0. The van der Waals surface area contributed by atoms with E-state index in [4.69, 9.17) is 11.6 Å². The molecular formula is C17H9ClF2N2O2S. The van der Waals surface area contributed by atoms with Crippen LogP contribution in [0.3, 0.4) is 0 Å². The maximum atomic E-state index is 13.7. The highest BCUT2D eigenvalue weighted by atomic mass is 35.5. The Morgan fingerprint density at radius 2 is 1.92 bits per heavy atom. The van der Waals surface area contributed by atoms with Crippen LogP contribution in [0.1, 0.15) is 12.0 Å². The van der Waals surface area contributed by atoms with E-state index in [1.54, 1.807) is 24.3 Å². The molecule has 126 valence electrons. The third-order valence-corrected chi connectivity index (χ3v) is 5.17. The van der Waals surface area contributed by atoms with E-state index in [1.165, 1.54) is 6.07 Å². The number of nitrogens with zero attached hydrogens (tertiary/aromatic N) is 1. The van der Waals surface area contributed by atoms with Crippen molar-refractivity contribution < 1.29 is 13.9 Å². The molecule has 0 fully saturated rings. The second-order valence-corrected chi connectivity index (χ2v) is 6.84. The fourth-order valence-electron chi connectivity index (χ4n) is 2.72. The highest BCUT2D eigenvalue weighted by molar-refractivity contribution is 7.25. The standard InChI is InChI=1S/C17H9ClF2N2O2S/c18-8-3-1-7(2-4-8)10-5-9(16(19)20)13-14-15(25-17(13)21-10)11(23)6-12(24)22-14/h1-6,16H,(H2,22,23,24). The summed E-state index contributed by atoms with van der Waals surface area (Å²) in [5.41, 5.74) is 0.376. The van der Waals surface area contributed by atoms with Gasteiger partial charge in [-0.2, -0.15) is 0 Å². The van der Waals surface area contributed by atoms with Crippen molar-refractivity contribution >= 4 is 43.4 Å². The predicted molar refractivity (Wildman–Crippen MR) is 94.8 cm³/mol. The molecule has 0 saturated heterocycles. The lowest BCUT2D eigenvalue weighted by molar-refractivity contribution is 0.153. The molecule has 0 atom stereocenters. The number of pyridine rings is 2. The Bertz CT molecular complexity index is 1170. The molecule has 0 amide bonds. The fourth-order valence-corrected chi connectivity index (χ4v) is 3.92. The molecule has 4 nitrogen and oxygen atoms in total. The number of alkyl halides is 2. The highest BCUT2D eigenvalue weighted by Gasteiger charge is 2.21. The van der Waals surface area contributed by atoms with Crippen LogP contribution in [0.25, 0.3) is 31.7 Å². The van der Waals surface area contributed by atoms with E-state index in [2.05, 4.69) is 9.97 Å². The molecule has 0 unspecified atom stereocenters. The summed E-state index contributed by atoms with van der Waals surface area (Å²) in [5, 5.41) is 10.6. The van der Waals surface area contributed by atoms with Gasteiger partial charge < -0.3 is 10.1 Å². The minimum Gasteiger partial charge on any atom is -0.506 e. The monoisotopic (exact) mass is 378 g/mol. The molecule has 0 aliphatic carbocycles. The third-order valence-electron chi connectivity index (χ3n) is 3.82. The second-order valence-electron chi connectivity index (χ2n) is 5.41. The Balaban J connectivity index is 2.09. The molecule has 3 aromatic heterocycles. The first kappa shape index (κ1) is 16.0. The van der Waals surface area contributed by atoms with Gasteiger partial charge in [-0.3, -0.25) is 4.79 Å². The van der Waals surface area contributed by atoms with Gasteiger partial charge in [0.1, 0.15) is 10.6 Å². The van der Waals surface area contributed by atoms with Crippen LogP contribution in [-0.2, 0) is 0 Å². The molecule has 0 bridgehead atoms. The number of hydrogen-bond donors (Lipinski definition) is 2. The minimum atomic E-state index is -2.76. The van der Waals surface area contributed by atoms with Crippen LogP contribution in [0.5, 0.6) is 5.75 Å². The van der Waals surface area contributed by atoms with Gasteiger partial charge in [-0.25, -0.2) is 13.8 Å². The average molecular weight is 379 g/mol. The topological polar surface area (TPSA) is 66.0 Å². The number of aromatic amines is 1. The van der Waals surface area contributed by atoms with Gasteiger partial charge in [-0.05, 0) is 18.2 Å². The average Bonchev–Trinajstić information content (AvgIpc) is 2.93. The van der Waals surface area contributed by atoms with Gasteiger partial charge in [0, 0.05) is 27.6 Å². The van der Waals surface area contributed by atoms with Crippen LogP contribution in [-0.4, -0.2) is 15.1 Å². The van der Waals surface area contributed by atoms with Crippen LogP contribution in [0, 0.1) is 0 Å². The molecule has 4 rings (SSSR count). The summed E-state index contributed by atoms with van der Waals surface area (Å²) in [6, 6.07) is 9.00. The zero-order valence-corrected chi connectivity index (χ0v) is 14.0. The highest BCUT2D eigenvalue weighted by Crippen LogP contribution is 2.41. The van der Waals surface area contributed by atoms with E-state index < -0.39 is 12.0 Å². The molecule has 8 heteroatoms. The maximum absolute atomic E-state index is 13.7.